The zero-order valence-electron chi connectivity index (χ0n) is 36.2. The molecule has 306 valence electrons. The molecule has 0 heterocycles. The molecule has 7 aromatic carbocycles. The van der Waals surface area contributed by atoms with E-state index in [9.17, 15) is 0 Å². The van der Waals surface area contributed by atoms with Crippen molar-refractivity contribution >= 4 is 34.1 Å². The van der Waals surface area contributed by atoms with Gasteiger partial charge in [0.25, 0.3) is 0 Å². The molecular weight excluding hydrogens is 749 g/mol. The van der Waals surface area contributed by atoms with Gasteiger partial charge in [-0.15, -0.1) is 0 Å². The zero-order valence-corrected chi connectivity index (χ0v) is 36.2. The highest BCUT2D eigenvalue weighted by atomic mass is 15.2. The van der Waals surface area contributed by atoms with Crippen LogP contribution in [0.25, 0.3) is 11.1 Å². The third-order valence-corrected chi connectivity index (χ3v) is 17.1. The van der Waals surface area contributed by atoms with Gasteiger partial charge in [-0.25, -0.2) is 0 Å². The van der Waals surface area contributed by atoms with Gasteiger partial charge in [0.2, 0.25) is 0 Å². The van der Waals surface area contributed by atoms with Crippen LogP contribution < -0.4 is 9.80 Å². The van der Waals surface area contributed by atoms with E-state index in [4.69, 9.17) is 0 Å². The van der Waals surface area contributed by atoms with Gasteiger partial charge in [-0.1, -0.05) is 136 Å². The predicted molar refractivity (Wildman–Crippen MR) is 257 cm³/mol. The fourth-order valence-corrected chi connectivity index (χ4v) is 14.7. The van der Waals surface area contributed by atoms with Crippen molar-refractivity contribution in [3.8, 4) is 11.1 Å². The number of rotatable bonds is 7. The quantitative estimate of drug-likeness (QED) is 0.158. The van der Waals surface area contributed by atoms with Gasteiger partial charge in [0.05, 0.1) is 11.4 Å². The summed E-state index contributed by atoms with van der Waals surface area (Å²) in [4.78, 5) is 5.36. The summed E-state index contributed by atoms with van der Waals surface area (Å²) in [5.41, 5.74) is 21.1. The molecule has 6 atom stereocenters. The van der Waals surface area contributed by atoms with Crippen LogP contribution in [0.4, 0.5) is 34.1 Å². The lowest BCUT2D eigenvalue weighted by atomic mass is 9.58. The smallest absolute Gasteiger partial charge is 0.0505 e. The van der Waals surface area contributed by atoms with Crippen LogP contribution >= 0.6 is 0 Å². The second-order valence-corrected chi connectivity index (χ2v) is 20.3. The van der Waals surface area contributed by atoms with Crippen LogP contribution in [0.3, 0.4) is 0 Å². The average molecular weight is 805 g/mol. The summed E-state index contributed by atoms with van der Waals surface area (Å²) in [6, 6.07) is 63.3. The Balaban J connectivity index is 1.04. The molecule has 13 rings (SSSR count). The van der Waals surface area contributed by atoms with Gasteiger partial charge < -0.3 is 9.80 Å². The van der Waals surface area contributed by atoms with Crippen molar-refractivity contribution in [1.29, 1.82) is 0 Å². The third kappa shape index (κ3) is 5.16. The highest BCUT2D eigenvalue weighted by molar-refractivity contribution is 5.89. The number of fused-ring (bicyclic) bond motifs is 7. The molecule has 3 fully saturated rings. The van der Waals surface area contributed by atoms with Crippen LogP contribution in [0.1, 0.15) is 104 Å². The summed E-state index contributed by atoms with van der Waals surface area (Å²) in [7, 11) is 0. The molecule has 2 nitrogen and oxygen atoms in total. The highest BCUT2D eigenvalue weighted by Gasteiger charge is 2.60. The van der Waals surface area contributed by atoms with Gasteiger partial charge in [-0.2, -0.15) is 0 Å². The summed E-state index contributed by atoms with van der Waals surface area (Å²) in [5, 5.41) is 0. The van der Waals surface area contributed by atoms with E-state index in [1.54, 1.807) is 27.8 Å². The number of hydrogen-bond acceptors (Lipinski definition) is 2. The Morgan fingerprint density at radius 3 is 1.74 bits per heavy atom. The van der Waals surface area contributed by atoms with Crippen molar-refractivity contribution < 1.29 is 0 Å². The first-order chi connectivity index (χ1) is 30.5. The molecule has 6 unspecified atom stereocenters. The molecular formula is C60H56N2. The van der Waals surface area contributed by atoms with Crippen molar-refractivity contribution in [2.45, 2.75) is 88.4 Å². The Kier molecular flexibility index (Phi) is 8.19. The van der Waals surface area contributed by atoms with Crippen molar-refractivity contribution in [3.05, 3.63) is 203 Å². The number of nitrogens with zero attached hydrogens (tertiary/aromatic N) is 2. The Labute approximate surface area is 368 Å². The fourth-order valence-electron chi connectivity index (χ4n) is 14.7. The first-order valence-electron chi connectivity index (χ1n) is 23.8. The van der Waals surface area contributed by atoms with Crippen molar-refractivity contribution in [2.24, 2.45) is 23.7 Å². The molecule has 0 N–H and O–H groups in total. The Bertz CT molecular complexity index is 2870. The Morgan fingerprint density at radius 2 is 1.06 bits per heavy atom. The molecule has 0 aliphatic heterocycles. The monoisotopic (exact) mass is 804 g/mol. The Morgan fingerprint density at radius 1 is 0.468 bits per heavy atom. The van der Waals surface area contributed by atoms with E-state index >= 15 is 0 Å². The molecule has 2 bridgehead atoms. The molecule has 2 heteroatoms. The molecule has 0 saturated heterocycles. The molecule has 0 radical (unpaired) electrons. The minimum atomic E-state index is -0.107. The average Bonchev–Trinajstić information content (AvgIpc) is 4.14. The maximum Gasteiger partial charge on any atom is 0.0505 e. The minimum absolute atomic E-state index is 0.0876. The lowest BCUT2D eigenvalue weighted by Gasteiger charge is -2.47. The number of anilines is 6. The van der Waals surface area contributed by atoms with Crippen LogP contribution in [0.5, 0.6) is 0 Å². The van der Waals surface area contributed by atoms with Gasteiger partial charge in [0.1, 0.15) is 0 Å². The van der Waals surface area contributed by atoms with E-state index in [-0.39, 0.29) is 10.8 Å². The van der Waals surface area contributed by atoms with Crippen LogP contribution in [0.15, 0.2) is 164 Å². The number of hydrogen-bond donors (Lipinski definition) is 0. The summed E-state index contributed by atoms with van der Waals surface area (Å²) in [5.74, 6) is 3.41. The van der Waals surface area contributed by atoms with E-state index in [1.165, 1.54) is 101 Å². The minimum Gasteiger partial charge on any atom is -0.310 e. The van der Waals surface area contributed by atoms with Crippen LogP contribution in [-0.4, -0.2) is 0 Å². The van der Waals surface area contributed by atoms with Crippen LogP contribution in [0, 0.1) is 23.7 Å². The Hall–Kier alpha value is -5.86. The summed E-state index contributed by atoms with van der Waals surface area (Å²) in [6.07, 6.45) is 11.7. The molecule has 7 aromatic rings. The van der Waals surface area contributed by atoms with Crippen LogP contribution in [0.2, 0.25) is 0 Å². The molecule has 6 aliphatic rings. The summed E-state index contributed by atoms with van der Waals surface area (Å²) in [6.45, 7) is 4.82. The van der Waals surface area contributed by atoms with Gasteiger partial charge in [-0.05, 0) is 179 Å². The van der Waals surface area contributed by atoms with Crippen LogP contribution in [-0.2, 0) is 23.7 Å². The second kappa shape index (κ2) is 13.8. The van der Waals surface area contributed by atoms with Crippen molar-refractivity contribution in [3.63, 3.8) is 0 Å². The van der Waals surface area contributed by atoms with E-state index in [1.807, 2.05) is 0 Å². The molecule has 6 aliphatic carbocycles. The molecule has 0 aromatic heterocycles. The largest absolute Gasteiger partial charge is 0.310 e. The lowest BCUT2D eigenvalue weighted by Crippen LogP contribution is -2.42. The second-order valence-electron chi connectivity index (χ2n) is 20.3. The SMILES string of the molecule is CC1(C)c2ccccc2-c2ccc(N(c3ccccc3)c3cccc4c3C35c6c(cccc6N(c6ccccc6)c6ccccc6C6CC7CCC6C7)CC3CCCC5C4)cc21. The van der Waals surface area contributed by atoms with Crippen molar-refractivity contribution in [2.75, 3.05) is 9.80 Å². The maximum absolute atomic E-state index is 2.72. The first kappa shape index (κ1) is 36.8. The number of para-hydroxylation sites is 3. The number of benzene rings is 7. The molecule has 0 amide bonds. The van der Waals surface area contributed by atoms with Gasteiger partial charge in [-0.3, -0.25) is 0 Å². The standard InChI is InChI=1S/C60H56N2/c1-59(2)52-26-11-9-24-48(52)49-33-32-47(38-53(49)59)61(45-20-5-3-6-21-45)55-28-13-16-41-36-43-18-15-19-44-37-42-17-14-29-56(58(42)60(43,44)57(41)55)62(46-22-7-4-8-23-46)54-27-12-10-25-50(54)51-35-39-30-31-40(51)34-39/h3-14,16-17,20-29,32-33,38-40,43-44,51H,15,18-19,30-31,34-37H2,1-2H3. The summed E-state index contributed by atoms with van der Waals surface area (Å²) < 4.78 is 0. The first-order valence-corrected chi connectivity index (χ1v) is 23.8. The fraction of sp³-hybridized carbons (Fsp3) is 0.300. The van der Waals surface area contributed by atoms with Crippen molar-refractivity contribution in [1.82, 2.24) is 0 Å². The normalized spacial score (nSPS) is 25.4. The molecule has 62 heavy (non-hydrogen) atoms. The van der Waals surface area contributed by atoms with E-state index in [0.29, 0.717) is 17.8 Å². The van der Waals surface area contributed by atoms with E-state index < -0.39 is 0 Å². The van der Waals surface area contributed by atoms with Gasteiger partial charge in [0.15, 0.2) is 0 Å². The van der Waals surface area contributed by atoms with Gasteiger partial charge >= 0.3 is 0 Å². The topological polar surface area (TPSA) is 6.48 Å². The lowest BCUT2D eigenvalue weighted by molar-refractivity contribution is 0.177. The third-order valence-electron chi connectivity index (χ3n) is 17.1. The predicted octanol–water partition coefficient (Wildman–Crippen LogP) is 15.7. The molecule has 1 spiro atoms. The highest BCUT2D eigenvalue weighted by Crippen LogP contribution is 2.68. The summed E-state index contributed by atoms with van der Waals surface area (Å²) >= 11 is 0. The van der Waals surface area contributed by atoms with E-state index in [2.05, 4.69) is 187 Å². The zero-order chi connectivity index (χ0) is 41.2. The van der Waals surface area contributed by atoms with E-state index in [0.717, 1.165) is 24.7 Å². The van der Waals surface area contributed by atoms with Gasteiger partial charge in [0, 0.05) is 33.6 Å². The molecule has 3 saturated carbocycles. The maximum atomic E-state index is 2.72.